The average Bonchev–Trinajstić information content (AvgIpc) is 2.28. The number of hydrogen-bond donors (Lipinski definition) is 2. The number of benzene rings is 1. The smallest absolute Gasteiger partial charge is 0.325 e. The Bertz CT molecular complexity index is 421. The van der Waals surface area contributed by atoms with Gasteiger partial charge >= 0.3 is 5.97 Å². The molecule has 100 valence electrons. The van der Waals surface area contributed by atoms with Crippen molar-refractivity contribution in [1.29, 1.82) is 0 Å². The number of ether oxygens (including phenoxy) is 1. The molecule has 2 N–H and O–H groups in total. The highest BCUT2D eigenvalue weighted by Crippen LogP contribution is 2.22. The van der Waals surface area contributed by atoms with Crippen molar-refractivity contribution in [2.24, 2.45) is 0 Å². The van der Waals surface area contributed by atoms with E-state index in [4.69, 9.17) is 9.84 Å². The molecule has 18 heavy (non-hydrogen) atoms. The summed E-state index contributed by atoms with van der Waals surface area (Å²) in [4.78, 5) is 11.1. The summed E-state index contributed by atoms with van der Waals surface area (Å²) in [6.07, 6.45) is 0. The first-order valence-electron chi connectivity index (χ1n) is 5.86. The van der Waals surface area contributed by atoms with Gasteiger partial charge in [0.15, 0.2) is 11.6 Å². The summed E-state index contributed by atoms with van der Waals surface area (Å²) < 4.78 is 18.7. The predicted molar refractivity (Wildman–Crippen MR) is 66.2 cm³/mol. The Hall–Kier alpha value is -1.62. The first-order chi connectivity index (χ1) is 8.45. The molecule has 0 amide bonds. The molecule has 0 aliphatic carbocycles. The van der Waals surface area contributed by atoms with Crippen LogP contribution in [-0.2, 0) is 4.79 Å². The zero-order valence-electron chi connectivity index (χ0n) is 10.7. The monoisotopic (exact) mass is 255 g/mol. The van der Waals surface area contributed by atoms with Gasteiger partial charge in [0.2, 0.25) is 0 Å². The topological polar surface area (TPSA) is 58.6 Å². The maximum Gasteiger partial charge on any atom is 0.325 e. The third-order valence-corrected chi connectivity index (χ3v) is 2.34. The molecule has 0 aliphatic rings. The van der Waals surface area contributed by atoms with Crippen LogP contribution in [0.15, 0.2) is 18.2 Å². The van der Waals surface area contributed by atoms with Gasteiger partial charge in [0.25, 0.3) is 0 Å². The molecule has 1 rings (SSSR count). The summed E-state index contributed by atoms with van der Waals surface area (Å²) >= 11 is 0. The van der Waals surface area contributed by atoms with Gasteiger partial charge in [-0.1, -0.05) is 6.07 Å². The lowest BCUT2D eigenvalue weighted by Crippen LogP contribution is -2.33. The summed E-state index contributed by atoms with van der Waals surface area (Å²) in [5.74, 6) is -1.45. The van der Waals surface area contributed by atoms with E-state index in [1.54, 1.807) is 13.0 Å². The van der Waals surface area contributed by atoms with Gasteiger partial charge in [-0.3, -0.25) is 10.1 Å². The van der Waals surface area contributed by atoms with Crippen LogP contribution in [0.1, 0.15) is 32.4 Å². The van der Waals surface area contributed by atoms with Crippen molar-refractivity contribution in [2.45, 2.75) is 32.9 Å². The van der Waals surface area contributed by atoms with E-state index in [9.17, 15) is 9.18 Å². The first kappa shape index (κ1) is 14.4. The Morgan fingerprint density at radius 2 is 2.17 bits per heavy atom. The summed E-state index contributed by atoms with van der Waals surface area (Å²) in [5, 5.41) is 12.0. The van der Waals surface area contributed by atoms with Gasteiger partial charge in [0.05, 0.1) is 6.61 Å². The minimum absolute atomic E-state index is 0.0132. The molecule has 5 heteroatoms. The second-order valence-corrected chi connectivity index (χ2v) is 4.22. The predicted octanol–water partition coefficient (Wildman–Crippen LogP) is 2.35. The van der Waals surface area contributed by atoms with Gasteiger partial charge in [-0.15, -0.1) is 0 Å². The molecule has 1 aromatic rings. The molecule has 0 saturated carbocycles. The zero-order valence-corrected chi connectivity index (χ0v) is 10.7. The number of carboxylic acid groups (broad SMARTS) is 1. The third kappa shape index (κ3) is 3.70. The fourth-order valence-electron chi connectivity index (χ4n) is 1.61. The molecule has 0 radical (unpaired) electrons. The summed E-state index contributed by atoms with van der Waals surface area (Å²) in [7, 11) is 0. The van der Waals surface area contributed by atoms with Crippen LogP contribution in [0, 0.1) is 5.82 Å². The number of nitrogens with one attached hydrogen (secondary N) is 1. The fraction of sp³-hybridized carbons (Fsp3) is 0.462. The lowest BCUT2D eigenvalue weighted by atomic mass is 10.1. The summed E-state index contributed by atoms with van der Waals surface area (Å²) in [5.41, 5.74) is 0.372. The van der Waals surface area contributed by atoms with Crippen LogP contribution in [0.4, 0.5) is 4.39 Å². The number of halogens is 1. The number of rotatable bonds is 6. The maximum atomic E-state index is 13.7. The van der Waals surface area contributed by atoms with Crippen LogP contribution in [0.25, 0.3) is 0 Å². The minimum Gasteiger partial charge on any atom is -0.491 e. The van der Waals surface area contributed by atoms with E-state index in [-0.39, 0.29) is 11.8 Å². The Kier molecular flexibility index (Phi) is 5.09. The van der Waals surface area contributed by atoms with E-state index < -0.39 is 17.8 Å². The zero-order chi connectivity index (χ0) is 13.7. The highest BCUT2D eigenvalue weighted by molar-refractivity contribution is 5.75. The van der Waals surface area contributed by atoms with Gasteiger partial charge in [-0.2, -0.15) is 0 Å². The van der Waals surface area contributed by atoms with Gasteiger partial charge in [0, 0.05) is 6.04 Å². The van der Waals surface area contributed by atoms with Crippen LogP contribution in [-0.4, -0.2) is 23.7 Å². The number of hydrogen-bond acceptors (Lipinski definition) is 3. The van der Waals surface area contributed by atoms with Gasteiger partial charge in [-0.05, 0) is 38.5 Å². The Morgan fingerprint density at radius 1 is 1.50 bits per heavy atom. The SMILES string of the molecule is CCOc1ccc(C(NC(C)C)C(=O)O)cc1F. The molecule has 1 unspecified atom stereocenters. The molecule has 0 spiro atoms. The van der Waals surface area contributed by atoms with Crippen LogP contribution >= 0.6 is 0 Å². The largest absolute Gasteiger partial charge is 0.491 e. The van der Waals surface area contributed by atoms with Crippen molar-refractivity contribution in [2.75, 3.05) is 6.61 Å². The molecule has 0 heterocycles. The number of carboxylic acids is 1. The van der Waals surface area contributed by atoms with E-state index in [0.29, 0.717) is 12.2 Å². The van der Waals surface area contributed by atoms with E-state index in [1.165, 1.54) is 12.1 Å². The third-order valence-electron chi connectivity index (χ3n) is 2.34. The quantitative estimate of drug-likeness (QED) is 0.819. The Balaban J connectivity index is 2.99. The van der Waals surface area contributed by atoms with E-state index in [1.807, 2.05) is 13.8 Å². The second-order valence-electron chi connectivity index (χ2n) is 4.22. The number of carbonyl (C=O) groups is 1. The highest BCUT2D eigenvalue weighted by atomic mass is 19.1. The molecule has 0 aromatic heterocycles. The first-order valence-corrected chi connectivity index (χ1v) is 5.86. The van der Waals surface area contributed by atoms with E-state index in [0.717, 1.165) is 0 Å². The normalized spacial score (nSPS) is 12.5. The minimum atomic E-state index is -1.03. The average molecular weight is 255 g/mol. The molecule has 0 aliphatic heterocycles. The van der Waals surface area contributed by atoms with Crippen molar-refractivity contribution < 1.29 is 19.0 Å². The molecule has 4 nitrogen and oxygen atoms in total. The van der Waals surface area contributed by atoms with Crippen molar-refractivity contribution in [1.82, 2.24) is 5.32 Å². The van der Waals surface area contributed by atoms with Gasteiger partial charge in [0.1, 0.15) is 6.04 Å². The second kappa shape index (κ2) is 6.35. The van der Waals surface area contributed by atoms with Crippen molar-refractivity contribution in [3.63, 3.8) is 0 Å². The van der Waals surface area contributed by atoms with Crippen LogP contribution in [0.3, 0.4) is 0 Å². The van der Waals surface area contributed by atoms with Crippen LogP contribution in [0.5, 0.6) is 5.75 Å². The molecule has 1 atom stereocenters. The van der Waals surface area contributed by atoms with Crippen molar-refractivity contribution in [3.8, 4) is 5.75 Å². The molecular weight excluding hydrogens is 237 g/mol. The fourth-order valence-corrected chi connectivity index (χ4v) is 1.61. The molecule has 1 aromatic carbocycles. The van der Waals surface area contributed by atoms with Gasteiger partial charge < -0.3 is 9.84 Å². The van der Waals surface area contributed by atoms with Crippen LogP contribution in [0.2, 0.25) is 0 Å². The summed E-state index contributed by atoms with van der Waals surface area (Å²) in [6.45, 7) is 5.79. The lowest BCUT2D eigenvalue weighted by molar-refractivity contribution is -0.139. The van der Waals surface area contributed by atoms with Crippen molar-refractivity contribution >= 4 is 5.97 Å². The van der Waals surface area contributed by atoms with E-state index in [2.05, 4.69) is 5.32 Å². The molecule has 0 fully saturated rings. The maximum absolute atomic E-state index is 13.7. The Morgan fingerprint density at radius 3 is 2.61 bits per heavy atom. The van der Waals surface area contributed by atoms with Crippen molar-refractivity contribution in [3.05, 3.63) is 29.6 Å². The molecule has 0 saturated heterocycles. The van der Waals surface area contributed by atoms with Gasteiger partial charge in [-0.25, -0.2) is 4.39 Å². The van der Waals surface area contributed by atoms with E-state index >= 15 is 0 Å². The summed E-state index contributed by atoms with van der Waals surface area (Å²) in [6, 6.07) is 3.27. The highest BCUT2D eigenvalue weighted by Gasteiger charge is 2.21. The number of aliphatic carboxylic acids is 1. The molecular formula is C13H18FNO3. The Labute approximate surface area is 106 Å². The van der Waals surface area contributed by atoms with Crippen LogP contribution < -0.4 is 10.1 Å². The standard InChI is InChI=1S/C13H18FNO3/c1-4-18-11-6-5-9(7-10(11)14)12(13(16)17)15-8(2)3/h5-8,12,15H,4H2,1-3H3,(H,16,17). The molecule has 0 bridgehead atoms. The lowest BCUT2D eigenvalue weighted by Gasteiger charge is -2.18.